The average molecular weight is 418 g/mol. The number of alkyl halides is 1. The Balaban J connectivity index is 2.08. The largest absolute Gasteiger partial charge is 0.387 e. The molecule has 0 amide bonds. The number of nitrogens with two attached hydrogens (primary N) is 1. The number of anilines is 1. The minimum absolute atomic E-state index is 0.0393. The average Bonchev–Trinajstić information content (AvgIpc) is 3.02. The summed E-state index contributed by atoms with van der Waals surface area (Å²) in [5, 5.41) is 24.0. The van der Waals surface area contributed by atoms with E-state index in [2.05, 4.69) is 25.0 Å². The minimum Gasteiger partial charge on any atom is -0.387 e. The van der Waals surface area contributed by atoms with Crippen molar-refractivity contribution < 1.29 is 14.9 Å². The Morgan fingerprint density at radius 2 is 2.32 bits per heavy atom. The molecular formula is C10H11IN8O3. The second kappa shape index (κ2) is 5.48. The molecule has 11 nitrogen and oxygen atoms in total. The van der Waals surface area contributed by atoms with Crippen LogP contribution in [0.3, 0.4) is 0 Å². The first-order chi connectivity index (χ1) is 10.5. The highest BCUT2D eigenvalue weighted by Gasteiger charge is 2.54. The van der Waals surface area contributed by atoms with Crippen molar-refractivity contribution in [2.45, 2.75) is 24.2 Å². The highest BCUT2D eigenvalue weighted by molar-refractivity contribution is 14.1. The van der Waals surface area contributed by atoms with Gasteiger partial charge in [-0.15, -0.1) is 0 Å². The van der Waals surface area contributed by atoms with Crippen LogP contribution in [0.2, 0.25) is 0 Å². The number of hydrogen-bond donors (Lipinski definition) is 3. The second-order valence-corrected chi connectivity index (χ2v) is 5.46. The topological polar surface area (TPSA) is 168 Å². The molecule has 4 atom stereocenters. The number of fused-ring (bicyclic) bond motifs is 1. The molecule has 1 aliphatic rings. The van der Waals surface area contributed by atoms with Crippen molar-refractivity contribution in [3.05, 3.63) is 23.0 Å². The highest BCUT2D eigenvalue weighted by Crippen LogP contribution is 2.40. The van der Waals surface area contributed by atoms with Crippen molar-refractivity contribution >= 4 is 39.7 Å². The summed E-state index contributed by atoms with van der Waals surface area (Å²) in [6, 6.07) is 0. The highest BCUT2D eigenvalue weighted by atomic mass is 127. The van der Waals surface area contributed by atoms with Gasteiger partial charge in [0.2, 0.25) is 5.95 Å². The van der Waals surface area contributed by atoms with Crippen molar-refractivity contribution in [3.63, 3.8) is 0 Å². The molecule has 0 aromatic carbocycles. The molecular weight excluding hydrogens is 407 g/mol. The number of halogens is 1. The van der Waals surface area contributed by atoms with Gasteiger partial charge in [0.1, 0.15) is 17.7 Å². The number of hydrogen-bond acceptors (Lipinski definition) is 8. The summed E-state index contributed by atoms with van der Waals surface area (Å²) in [7, 11) is 0. The van der Waals surface area contributed by atoms with Gasteiger partial charge in [-0.25, -0.2) is 9.97 Å². The Kier molecular flexibility index (Phi) is 3.78. The third-order valence-corrected chi connectivity index (χ3v) is 4.51. The number of aliphatic hydroxyl groups is 2. The van der Waals surface area contributed by atoms with Crippen LogP contribution in [0, 0.1) is 0 Å². The molecule has 2 aromatic heterocycles. The number of aliphatic hydroxyl groups excluding tert-OH is 2. The Bertz CT molecular complexity index is 762. The number of ether oxygens (including phenoxy) is 1. The first-order valence-electron chi connectivity index (χ1n) is 6.13. The normalized spacial score (nSPS) is 31.3. The third-order valence-electron chi connectivity index (χ3n) is 3.42. The molecule has 0 bridgehead atoms. The maximum Gasteiger partial charge on any atom is 0.222 e. The molecule has 4 N–H and O–H groups in total. The van der Waals surface area contributed by atoms with Gasteiger partial charge in [-0.2, -0.15) is 4.98 Å². The first-order valence-corrected chi connectivity index (χ1v) is 7.66. The predicted molar refractivity (Wildman–Crippen MR) is 82.6 cm³/mol. The molecule has 3 rings (SSSR count). The summed E-state index contributed by atoms with van der Waals surface area (Å²) in [6.45, 7) is 0. The van der Waals surface area contributed by atoms with Gasteiger partial charge in [0.15, 0.2) is 17.6 Å². The Hall–Kier alpha value is -1.73. The maximum atomic E-state index is 10.3. The lowest BCUT2D eigenvalue weighted by Gasteiger charge is -2.23. The lowest BCUT2D eigenvalue weighted by Crippen LogP contribution is -2.42. The van der Waals surface area contributed by atoms with Gasteiger partial charge < -0.3 is 20.7 Å². The standard InChI is InChI=1S/C10H11IN8O3/c11-2-10(17-18-13)6(21)5(20)8(22-10)19-3-15-4-1-14-9(12)16-7(4)19/h1,3,5-6,8,20-21H,2H2,(H2,12,14,16)/t5-,6+,8-,10-/m1/s1. The van der Waals surface area contributed by atoms with E-state index in [-0.39, 0.29) is 10.4 Å². The molecule has 1 fully saturated rings. The summed E-state index contributed by atoms with van der Waals surface area (Å²) in [5.41, 5.74) is 13.5. The van der Waals surface area contributed by atoms with Gasteiger partial charge in [-0.05, 0) is 5.53 Å². The molecule has 22 heavy (non-hydrogen) atoms. The maximum absolute atomic E-state index is 10.3. The van der Waals surface area contributed by atoms with Crippen LogP contribution in [0.25, 0.3) is 21.6 Å². The van der Waals surface area contributed by atoms with E-state index >= 15 is 0 Å². The zero-order valence-corrected chi connectivity index (χ0v) is 13.1. The molecule has 0 aliphatic carbocycles. The van der Waals surface area contributed by atoms with Crippen molar-refractivity contribution in [2.24, 2.45) is 5.11 Å². The van der Waals surface area contributed by atoms with E-state index in [0.29, 0.717) is 11.2 Å². The van der Waals surface area contributed by atoms with E-state index < -0.39 is 24.2 Å². The summed E-state index contributed by atoms with van der Waals surface area (Å²) in [5.74, 6) is 0.0393. The fourth-order valence-electron chi connectivity index (χ4n) is 2.31. The van der Waals surface area contributed by atoms with Crippen LogP contribution >= 0.6 is 22.6 Å². The predicted octanol–water partition coefficient (Wildman–Crippen LogP) is 0.101. The molecule has 1 aliphatic heterocycles. The summed E-state index contributed by atoms with van der Waals surface area (Å²) in [4.78, 5) is 14.7. The van der Waals surface area contributed by atoms with Crippen LogP contribution in [0.1, 0.15) is 6.23 Å². The smallest absolute Gasteiger partial charge is 0.222 e. The fraction of sp³-hybridized carbons (Fsp3) is 0.500. The van der Waals surface area contributed by atoms with E-state index in [4.69, 9.17) is 16.0 Å². The van der Waals surface area contributed by atoms with Gasteiger partial charge in [0.05, 0.1) is 12.5 Å². The molecule has 12 heteroatoms. The number of nitrogens with zero attached hydrogens (tertiary/aromatic N) is 7. The Morgan fingerprint density at radius 1 is 1.55 bits per heavy atom. The molecule has 116 valence electrons. The van der Waals surface area contributed by atoms with Gasteiger partial charge in [-0.1, -0.05) is 27.7 Å². The fourth-order valence-corrected chi connectivity index (χ4v) is 3.10. The summed E-state index contributed by atoms with van der Waals surface area (Å²) >= 11 is 1.91. The monoisotopic (exact) mass is 418 g/mol. The van der Waals surface area contributed by atoms with E-state index in [0.717, 1.165) is 0 Å². The number of azide groups is 1. The number of imidazole rings is 1. The van der Waals surface area contributed by atoms with Crippen LogP contribution in [0.15, 0.2) is 17.6 Å². The van der Waals surface area contributed by atoms with Crippen LogP contribution in [-0.4, -0.2) is 52.1 Å². The number of rotatable bonds is 3. The summed E-state index contributed by atoms with van der Waals surface area (Å²) in [6.07, 6.45) is -0.908. The molecule has 0 radical (unpaired) electrons. The molecule has 1 saturated heterocycles. The SMILES string of the molecule is [N-]=[N+]=N[C@]1(CI)O[C@@H](n2cnc3cnc(N)nc32)[C@H](O)[C@@H]1O. The molecule has 0 spiro atoms. The van der Waals surface area contributed by atoms with E-state index in [1.165, 1.54) is 17.1 Å². The number of aromatic nitrogens is 4. The van der Waals surface area contributed by atoms with Crippen LogP contribution in [-0.2, 0) is 4.74 Å². The van der Waals surface area contributed by atoms with Crippen molar-refractivity contribution in [1.82, 2.24) is 19.5 Å². The van der Waals surface area contributed by atoms with Gasteiger partial charge in [0, 0.05) is 9.34 Å². The van der Waals surface area contributed by atoms with Crippen molar-refractivity contribution in [1.29, 1.82) is 0 Å². The molecule has 3 heterocycles. The van der Waals surface area contributed by atoms with E-state index in [1.54, 1.807) is 0 Å². The van der Waals surface area contributed by atoms with Crippen molar-refractivity contribution in [3.8, 4) is 0 Å². The van der Waals surface area contributed by atoms with Gasteiger partial charge in [0.25, 0.3) is 0 Å². The minimum atomic E-state index is -1.56. The molecule has 2 aromatic rings. The zero-order chi connectivity index (χ0) is 15.9. The van der Waals surface area contributed by atoms with Crippen LogP contribution < -0.4 is 5.73 Å². The summed E-state index contributed by atoms with van der Waals surface area (Å²) < 4.78 is 7.23. The van der Waals surface area contributed by atoms with E-state index in [1.807, 2.05) is 22.6 Å². The molecule has 0 unspecified atom stereocenters. The zero-order valence-electron chi connectivity index (χ0n) is 11.0. The Labute approximate surface area is 136 Å². The van der Waals surface area contributed by atoms with Gasteiger partial charge in [-0.3, -0.25) is 4.57 Å². The second-order valence-electron chi connectivity index (χ2n) is 4.70. The van der Waals surface area contributed by atoms with E-state index in [9.17, 15) is 10.2 Å². The first kappa shape index (κ1) is 15.2. The Morgan fingerprint density at radius 3 is 3.00 bits per heavy atom. The van der Waals surface area contributed by atoms with Crippen LogP contribution in [0.4, 0.5) is 5.95 Å². The van der Waals surface area contributed by atoms with Crippen molar-refractivity contribution in [2.75, 3.05) is 10.2 Å². The lowest BCUT2D eigenvalue weighted by atomic mass is 10.1. The quantitative estimate of drug-likeness (QED) is 0.209. The van der Waals surface area contributed by atoms with Crippen LogP contribution in [0.5, 0.6) is 0 Å². The third kappa shape index (κ3) is 2.16. The molecule has 0 saturated carbocycles. The van der Waals surface area contributed by atoms with Gasteiger partial charge >= 0.3 is 0 Å². The lowest BCUT2D eigenvalue weighted by molar-refractivity contribution is -0.0824. The number of nitrogen functional groups attached to an aromatic ring is 1.